The average Bonchev–Trinajstić information content (AvgIpc) is 2.47. The normalized spacial score (nSPS) is 10.3. The second-order valence-corrected chi connectivity index (χ2v) is 4.83. The number of pyridine rings is 1. The van der Waals surface area contributed by atoms with E-state index in [-0.39, 0.29) is 5.56 Å². The Kier molecular flexibility index (Phi) is 4.64. The van der Waals surface area contributed by atoms with Crippen molar-refractivity contribution < 1.29 is 9.90 Å². The van der Waals surface area contributed by atoms with E-state index < -0.39 is 5.97 Å². The fraction of sp³-hybridized carbons (Fsp3) is 0.188. The molecule has 0 unspecified atom stereocenters. The molecule has 0 saturated carbocycles. The number of nitriles is 1. The second kappa shape index (κ2) is 6.64. The first-order chi connectivity index (χ1) is 10.1. The zero-order valence-electron chi connectivity index (χ0n) is 11.7. The maximum absolute atomic E-state index is 10.8. The number of nitrogens with zero attached hydrogens (tertiary/aromatic N) is 3. The zero-order chi connectivity index (χ0) is 15.2. The maximum atomic E-state index is 10.8. The van der Waals surface area contributed by atoms with Crippen molar-refractivity contribution >= 4 is 5.97 Å². The molecule has 0 atom stereocenters. The van der Waals surface area contributed by atoms with Crippen LogP contribution in [0.2, 0.25) is 0 Å². The first kappa shape index (κ1) is 14.7. The molecule has 1 heterocycles. The highest BCUT2D eigenvalue weighted by atomic mass is 16.4. The molecule has 0 bridgehead atoms. The number of carboxylic acid groups (broad SMARTS) is 1. The van der Waals surface area contributed by atoms with Crippen LogP contribution in [0.15, 0.2) is 42.6 Å². The van der Waals surface area contributed by atoms with Crippen LogP contribution >= 0.6 is 0 Å². The van der Waals surface area contributed by atoms with Crippen LogP contribution in [-0.4, -0.2) is 28.0 Å². The molecule has 5 nitrogen and oxygen atoms in total. The van der Waals surface area contributed by atoms with Gasteiger partial charge in [-0.1, -0.05) is 12.1 Å². The molecule has 2 rings (SSSR count). The number of aromatic nitrogens is 1. The maximum Gasteiger partial charge on any atom is 0.337 e. The van der Waals surface area contributed by atoms with Crippen LogP contribution in [0.1, 0.15) is 27.2 Å². The molecule has 1 aromatic heterocycles. The summed E-state index contributed by atoms with van der Waals surface area (Å²) in [5.74, 6) is -0.976. The van der Waals surface area contributed by atoms with Crippen molar-refractivity contribution in [3.8, 4) is 6.07 Å². The lowest BCUT2D eigenvalue weighted by Crippen LogP contribution is -2.18. The molecule has 1 aromatic carbocycles. The molecule has 5 heteroatoms. The van der Waals surface area contributed by atoms with Gasteiger partial charge >= 0.3 is 5.97 Å². The number of carboxylic acids is 1. The smallest absolute Gasteiger partial charge is 0.337 e. The van der Waals surface area contributed by atoms with E-state index in [1.54, 1.807) is 18.2 Å². The van der Waals surface area contributed by atoms with Gasteiger partial charge in [0.25, 0.3) is 0 Å². The first-order valence-electron chi connectivity index (χ1n) is 6.44. The van der Waals surface area contributed by atoms with Crippen LogP contribution in [0.25, 0.3) is 0 Å². The highest BCUT2D eigenvalue weighted by Gasteiger charge is 2.06. The summed E-state index contributed by atoms with van der Waals surface area (Å²) >= 11 is 0. The lowest BCUT2D eigenvalue weighted by Gasteiger charge is -2.16. The van der Waals surface area contributed by atoms with Crippen molar-refractivity contribution in [2.24, 2.45) is 0 Å². The molecule has 0 spiro atoms. The van der Waals surface area contributed by atoms with Crippen LogP contribution < -0.4 is 0 Å². The molecule has 0 radical (unpaired) electrons. The summed E-state index contributed by atoms with van der Waals surface area (Å²) < 4.78 is 0. The summed E-state index contributed by atoms with van der Waals surface area (Å²) in [6, 6.07) is 12.9. The van der Waals surface area contributed by atoms with Crippen LogP contribution in [-0.2, 0) is 13.1 Å². The molecule has 0 aliphatic rings. The minimum Gasteiger partial charge on any atom is -0.478 e. The van der Waals surface area contributed by atoms with Gasteiger partial charge in [0.2, 0.25) is 0 Å². The zero-order valence-corrected chi connectivity index (χ0v) is 11.7. The fourth-order valence-electron chi connectivity index (χ4n) is 2.03. The number of aromatic carboxylic acids is 1. The fourth-order valence-corrected chi connectivity index (χ4v) is 2.03. The SMILES string of the molecule is CN(Cc1cccc(C#N)c1)Cc1ccc(C(=O)O)cn1. The van der Waals surface area contributed by atoms with Gasteiger partial charge in [-0.05, 0) is 36.9 Å². The van der Waals surface area contributed by atoms with Crippen LogP contribution in [0, 0.1) is 11.3 Å². The molecular formula is C16H15N3O2. The van der Waals surface area contributed by atoms with Crippen LogP contribution in [0.5, 0.6) is 0 Å². The third-order valence-corrected chi connectivity index (χ3v) is 3.01. The molecule has 2 aromatic rings. The number of hydrogen-bond acceptors (Lipinski definition) is 4. The van der Waals surface area contributed by atoms with E-state index in [2.05, 4.69) is 16.0 Å². The molecule has 1 N–H and O–H groups in total. The van der Waals surface area contributed by atoms with Crippen LogP contribution in [0.4, 0.5) is 0 Å². The highest BCUT2D eigenvalue weighted by Crippen LogP contribution is 2.09. The number of benzene rings is 1. The summed E-state index contributed by atoms with van der Waals surface area (Å²) in [5, 5.41) is 17.7. The summed E-state index contributed by atoms with van der Waals surface area (Å²) in [4.78, 5) is 17.0. The van der Waals surface area contributed by atoms with E-state index in [1.807, 2.05) is 25.2 Å². The van der Waals surface area contributed by atoms with Crippen LogP contribution in [0.3, 0.4) is 0 Å². The van der Waals surface area contributed by atoms with Gasteiger partial charge in [-0.15, -0.1) is 0 Å². The second-order valence-electron chi connectivity index (χ2n) is 4.83. The molecule has 106 valence electrons. The summed E-state index contributed by atoms with van der Waals surface area (Å²) in [6.45, 7) is 1.30. The van der Waals surface area contributed by atoms with Gasteiger partial charge in [0, 0.05) is 19.3 Å². The van der Waals surface area contributed by atoms with E-state index in [4.69, 9.17) is 10.4 Å². The van der Waals surface area contributed by atoms with Crippen molar-refractivity contribution in [1.82, 2.24) is 9.88 Å². The summed E-state index contributed by atoms with van der Waals surface area (Å²) in [5.41, 5.74) is 2.69. The Morgan fingerprint density at radius 2 is 2.14 bits per heavy atom. The van der Waals surface area contributed by atoms with Crippen molar-refractivity contribution in [3.63, 3.8) is 0 Å². The largest absolute Gasteiger partial charge is 0.478 e. The minimum atomic E-state index is -0.976. The highest BCUT2D eigenvalue weighted by molar-refractivity contribution is 5.87. The predicted molar refractivity (Wildman–Crippen MR) is 77.5 cm³/mol. The summed E-state index contributed by atoms with van der Waals surface area (Å²) in [6.07, 6.45) is 1.36. The molecule has 0 aliphatic carbocycles. The molecule has 21 heavy (non-hydrogen) atoms. The van der Waals surface area contributed by atoms with Gasteiger partial charge < -0.3 is 5.11 Å². The van der Waals surface area contributed by atoms with Crippen molar-refractivity contribution in [2.45, 2.75) is 13.1 Å². The Morgan fingerprint density at radius 1 is 1.33 bits per heavy atom. The average molecular weight is 281 g/mol. The number of hydrogen-bond donors (Lipinski definition) is 1. The lowest BCUT2D eigenvalue weighted by molar-refractivity contribution is 0.0696. The lowest BCUT2D eigenvalue weighted by atomic mass is 10.1. The molecule has 0 saturated heterocycles. The van der Waals surface area contributed by atoms with Crippen molar-refractivity contribution in [2.75, 3.05) is 7.05 Å². The van der Waals surface area contributed by atoms with Gasteiger partial charge in [-0.3, -0.25) is 9.88 Å². The van der Waals surface area contributed by atoms with Gasteiger partial charge in [-0.2, -0.15) is 5.26 Å². The number of carbonyl (C=O) groups is 1. The quantitative estimate of drug-likeness (QED) is 0.909. The standard InChI is InChI=1S/C16H15N3O2/c1-19(10-13-4-2-3-12(7-13)8-17)11-15-6-5-14(9-18-15)16(20)21/h2-7,9H,10-11H2,1H3,(H,20,21). The molecular weight excluding hydrogens is 266 g/mol. The topological polar surface area (TPSA) is 77.2 Å². The summed E-state index contributed by atoms with van der Waals surface area (Å²) in [7, 11) is 1.95. The predicted octanol–water partition coefficient (Wildman–Crippen LogP) is 2.28. The Morgan fingerprint density at radius 3 is 2.76 bits per heavy atom. The van der Waals surface area contributed by atoms with Gasteiger partial charge in [0.1, 0.15) is 0 Å². The molecule has 0 aliphatic heterocycles. The minimum absolute atomic E-state index is 0.183. The van der Waals surface area contributed by atoms with E-state index in [0.717, 1.165) is 11.3 Å². The Labute approximate surface area is 123 Å². The third kappa shape index (κ3) is 4.13. The monoisotopic (exact) mass is 281 g/mol. The Hall–Kier alpha value is -2.71. The van der Waals surface area contributed by atoms with Gasteiger partial charge in [0.15, 0.2) is 0 Å². The number of rotatable bonds is 5. The Balaban J connectivity index is 1.99. The van der Waals surface area contributed by atoms with E-state index in [9.17, 15) is 4.79 Å². The molecule has 0 amide bonds. The third-order valence-electron chi connectivity index (χ3n) is 3.01. The Bertz CT molecular complexity index is 675. The van der Waals surface area contributed by atoms with Gasteiger partial charge in [0.05, 0.1) is 22.9 Å². The van der Waals surface area contributed by atoms with Crippen molar-refractivity contribution in [3.05, 3.63) is 65.0 Å². The van der Waals surface area contributed by atoms with E-state index in [0.29, 0.717) is 18.7 Å². The molecule has 0 fully saturated rings. The van der Waals surface area contributed by atoms with E-state index >= 15 is 0 Å². The van der Waals surface area contributed by atoms with Crippen molar-refractivity contribution in [1.29, 1.82) is 5.26 Å². The first-order valence-corrected chi connectivity index (χ1v) is 6.44. The van der Waals surface area contributed by atoms with Gasteiger partial charge in [-0.25, -0.2) is 4.79 Å². The van der Waals surface area contributed by atoms with E-state index in [1.165, 1.54) is 6.20 Å².